The van der Waals surface area contributed by atoms with Crippen molar-refractivity contribution in [2.45, 2.75) is 32.0 Å². The van der Waals surface area contributed by atoms with Crippen LogP contribution >= 0.6 is 0 Å². The summed E-state index contributed by atoms with van der Waals surface area (Å²) in [5.41, 5.74) is -1.58. The number of halogens is 3. The van der Waals surface area contributed by atoms with Crippen molar-refractivity contribution in [2.24, 2.45) is 5.92 Å². The highest BCUT2D eigenvalue weighted by Crippen LogP contribution is 2.38. The minimum absolute atomic E-state index is 0.173. The molecule has 1 aliphatic carbocycles. The number of nitrogens with one attached hydrogen (secondary N) is 1. The summed E-state index contributed by atoms with van der Waals surface area (Å²) >= 11 is 0. The lowest BCUT2D eigenvalue weighted by Crippen LogP contribution is -2.21. The van der Waals surface area contributed by atoms with Crippen LogP contribution in [0.1, 0.15) is 31.5 Å². The van der Waals surface area contributed by atoms with Gasteiger partial charge in [-0.1, -0.05) is 0 Å². The lowest BCUT2D eigenvalue weighted by atomic mass is 10.2. The van der Waals surface area contributed by atoms with Crippen LogP contribution < -0.4 is 5.56 Å². The molecular weight excluding hydrogens is 209 g/mol. The molecular formula is C9H11F3N2O. The van der Waals surface area contributed by atoms with E-state index in [1.54, 1.807) is 6.92 Å². The lowest BCUT2D eigenvalue weighted by molar-refractivity contribution is -0.141. The fourth-order valence-corrected chi connectivity index (χ4v) is 1.65. The highest BCUT2D eigenvalue weighted by Gasteiger charge is 2.36. The van der Waals surface area contributed by atoms with Gasteiger partial charge in [-0.25, -0.2) is 4.68 Å². The number of hydrogen-bond donors (Lipinski definition) is 1. The number of alkyl halides is 3. The molecule has 84 valence electrons. The van der Waals surface area contributed by atoms with Crippen molar-refractivity contribution in [3.8, 4) is 0 Å². The van der Waals surface area contributed by atoms with Gasteiger partial charge in [0.15, 0.2) is 0 Å². The summed E-state index contributed by atoms with van der Waals surface area (Å²) in [6.45, 7) is 1.76. The highest BCUT2D eigenvalue weighted by molar-refractivity contribution is 5.05. The smallest absolute Gasteiger partial charge is 0.291 e. The van der Waals surface area contributed by atoms with Gasteiger partial charge in [-0.2, -0.15) is 13.2 Å². The molecule has 0 amide bonds. The van der Waals surface area contributed by atoms with E-state index in [1.165, 1.54) is 0 Å². The lowest BCUT2D eigenvalue weighted by Gasteiger charge is -2.11. The fraction of sp³-hybridized carbons (Fsp3) is 0.667. The molecule has 0 spiro atoms. The predicted octanol–water partition coefficient (Wildman–Crippen LogP) is 2.17. The van der Waals surface area contributed by atoms with Crippen molar-refractivity contribution in [3.63, 3.8) is 0 Å². The molecule has 1 heterocycles. The van der Waals surface area contributed by atoms with Crippen molar-refractivity contribution in [2.75, 3.05) is 0 Å². The zero-order valence-electron chi connectivity index (χ0n) is 8.14. The summed E-state index contributed by atoms with van der Waals surface area (Å²) in [6.07, 6.45) is -2.52. The molecule has 0 aliphatic heterocycles. The normalized spacial score (nSPS) is 19.2. The van der Waals surface area contributed by atoms with Crippen LogP contribution in [0.5, 0.6) is 0 Å². The Kier molecular flexibility index (Phi) is 2.17. The maximum atomic E-state index is 12.3. The van der Waals surface area contributed by atoms with Gasteiger partial charge in [-0.05, 0) is 25.7 Å². The minimum atomic E-state index is -4.48. The average molecular weight is 220 g/mol. The van der Waals surface area contributed by atoms with Crippen molar-refractivity contribution in [1.29, 1.82) is 0 Å². The number of nitrogens with zero attached hydrogens (tertiary/aromatic N) is 1. The zero-order valence-corrected chi connectivity index (χ0v) is 8.14. The number of H-pyrrole nitrogens is 1. The third-order valence-corrected chi connectivity index (χ3v) is 2.76. The first kappa shape index (κ1) is 10.3. The van der Waals surface area contributed by atoms with Gasteiger partial charge < -0.3 is 0 Å². The van der Waals surface area contributed by atoms with E-state index >= 15 is 0 Å². The number of rotatable bonds is 2. The van der Waals surface area contributed by atoms with Crippen LogP contribution in [-0.2, 0) is 6.18 Å². The number of aromatic nitrogens is 2. The van der Waals surface area contributed by atoms with Crippen LogP contribution in [0.3, 0.4) is 0 Å². The summed E-state index contributed by atoms with van der Waals surface area (Å²) in [6, 6.07) is 0.437. The summed E-state index contributed by atoms with van der Waals surface area (Å²) in [5, 5.41) is 2.12. The Morgan fingerprint density at radius 3 is 2.53 bits per heavy atom. The van der Waals surface area contributed by atoms with E-state index in [2.05, 4.69) is 5.10 Å². The van der Waals surface area contributed by atoms with Crippen LogP contribution in [0.4, 0.5) is 13.2 Å². The number of aromatic amines is 1. The van der Waals surface area contributed by atoms with Gasteiger partial charge in [-0.3, -0.25) is 9.89 Å². The van der Waals surface area contributed by atoms with Crippen LogP contribution in [0, 0.1) is 5.92 Å². The molecule has 1 saturated carbocycles. The van der Waals surface area contributed by atoms with Crippen molar-refractivity contribution < 1.29 is 13.2 Å². The van der Waals surface area contributed by atoms with E-state index in [1.807, 2.05) is 0 Å². The summed E-state index contributed by atoms with van der Waals surface area (Å²) < 4.78 is 37.9. The Balaban J connectivity index is 2.33. The molecule has 6 heteroatoms. The van der Waals surface area contributed by atoms with Crippen LogP contribution in [0.15, 0.2) is 10.9 Å². The molecule has 1 N–H and O–H groups in total. The second-order valence-electron chi connectivity index (χ2n) is 3.95. The molecule has 1 aromatic heterocycles. The van der Waals surface area contributed by atoms with Gasteiger partial charge in [-0.15, -0.1) is 0 Å². The first-order chi connectivity index (χ1) is 6.89. The van der Waals surface area contributed by atoms with Gasteiger partial charge in [0.25, 0.3) is 5.56 Å². The molecule has 0 radical (unpaired) electrons. The van der Waals surface area contributed by atoms with E-state index in [-0.39, 0.29) is 6.04 Å². The van der Waals surface area contributed by atoms with Crippen LogP contribution in [0.2, 0.25) is 0 Å². The molecule has 1 fully saturated rings. The Morgan fingerprint density at radius 2 is 2.13 bits per heavy atom. The molecule has 15 heavy (non-hydrogen) atoms. The molecule has 3 nitrogen and oxygen atoms in total. The SMILES string of the molecule is C[C@@H](C1CC1)n1[nH]c(C(F)(F)F)cc1=O. The second kappa shape index (κ2) is 3.15. The van der Waals surface area contributed by atoms with E-state index in [4.69, 9.17) is 0 Å². The third-order valence-electron chi connectivity index (χ3n) is 2.76. The van der Waals surface area contributed by atoms with E-state index in [0.717, 1.165) is 17.5 Å². The monoisotopic (exact) mass is 220 g/mol. The van der Waals surface area contributed by atoms with E-state index < -0.39 is 17.4 Å². The third kappa shape index (κ3) is 1.93. The Morgan fingerprint density at radius 1 is 1.53 bits per heavy atom. The molecule has 0 saturated heterocycles. The maximum absolute atomic E-state index is 12.3. The molecule has 2 rings (SSSR count). The van der Waals surface area contributed by atoms with Crippen molar-refractivity contribution in [1.82, 2.24) is 9.78 Å². The summed E-state index contributed by atoms with van der Waals surface area (Å²) in [7, 11) is 0. The largest absolute Gasteiger partial charge is 0.432 e. The van der Waals surface area contributed by atoms with Crippen LogP contribution in [-0.4, -0.2) is 9.78 Å². The van der Waals surface area contributed by atoms with Gasteiger partial charge in [0, 0.05) is 6.07 Å². The number of hydrogen-bond acceptors (Lipinski definition) is 1. The van der Waals surface area contributed by atoms with Gasteiger partial charge >= 0.3 is 6.18 Å². The topological polar surface area (TPSA) is 37.8 Å². The molecule has 0 unspecified atom stereocenters. The molecule has 0 bridgehead atoms. The fourth-order valence-electron chi connectivity index (χ4n) is 1.65. The quantitative estimate of drug-likeness (QED) is 0.814. The maximum Gasteiger partial charge on any atom is 0.432 e. The molecule has 1 aliphatic rings. The average Bonchev–Trinajstić information content (AvgIpc) is 2.87. The van der Waals surface area contributed by atoms with Crippen molar-refractivity contribution in [3.05, 3.63) is 22.1 Å². The first-order valence-electron chi connectivity index (χ1n) is 4.78. The highest BCUT2D eigenvalue weighted by atomic mass is 19.4. The molecule has 1 atom stereocenters. The van der Waals surface area contributed by atoms with Gasteiger partial charge in [0.2, 0.25) is 0 Å². The van der Waals surface area contributed by atoms with Crippen LogP contribution in [0.25, 0.3) is 0 Å². The summed E-state index contributed by atoms with van der Waals surface area (Å²) in [4.78, 5) is 11.3. The predicted molar refractivity (Wildman–Crippen MR) is 47.5 cm³/mol. The Labute approximate surface area is 83.9 Å². The zero-order chi connectivity index (χ0) is 11.2. The molecule has 0 aromatic carbocycles. The standard InChI is InChI=1S/C9H11F3N2O/c1-5(6-2-3-6)14-8(15)4-7(13-14)9(10,11)12/h4-6,13H,2-3H2,1H3/t5-/m0/s1. The molecule has 1 aromatic rings. The Hall–Kier alpha value is -1.20. The second-order valence-corrected chi connectivity index (χ2v) is 3.95. The van der Waals surface area contributed by atoms with E-state index in [9.17, 15) is 18.0 Å². The Bertz CT molecular complexity index is 414. The minimum Gasteiger partial charge on any atom is -0.291 e. The first-order valence-corrected chi connectivity index (χ1v) is 4.78. The van der Waals surface area contributed by atoms with Gasteiger partial charge in [0.05, 0.1) is 6.04 Å². The van der Waals surface area contributed by atoms with Gasteiger partial charge in [0.1, 0.15) is 5.69 Å². The summed E-state index contributed by atoms with van der Waals surface area (Å²) in [5.74, 6) is 0.336. The van der Waals surface area contributed by atoms with E-state index in [0.29, 0.717) is 12.0 Å². The van der Waals surface area contributed by atoms with Crippen molar-refractivity contribution >= 4 is 0 Å².